The molecule has 0 unspecified atom stereocenters. The van der Waals surface area contributed by atoms with Crippen LogP contribution in [0.1, 0.15) is 20.8 Å². The Bertz CT molecular complexity index is 289. The summed E-state index contributed by atoms with van der Waals surface area (Å²) < 4.78 is 0. The molecule has 0 aliphatic heterocycles. The van der Waals surface area contributed by atoms with Gasteiger partial charge in [0.1, 0.15) is 0 Å². The smallest absolute Gasteiger partial charge is 0.232 e. The molecule has 0 bridgehead atoms. The number of aromatic nitrogens is 2. The summed E-state index contributed by atoms with van der Waals surface area (Å²) in [5.74, 6) is 0.265. The minimum atomic E-state index is -0.417. The first-order chi connectivity index (χ1) is 6.00. The van der Waals surface area contributed by atoms with Crippen molar-refractivity contribution in [3.8, 4) is 0 Å². The maximum atomic E-state index is 11.4. The number of nitrogens with zero attached hydrogens (tertiary/aromatic N) is 2. The number of nitrogens with one attached hydrogen (secondary N) is 1. The molecule has 0 fully saturated rings. The minimum Gasteiger partial charge on any atom is -0.294 e. The SMILES string of the molecule is CC(C)(C)C(=O)Nc1ncccn1. The zero-order valence-electron chi connectivity index (χ0n) is 8.03. The van der Waals surface area contributed by atoms with Gasteiger partial charge in [-0.15, -0.1) is 0 Å². The normalized spacial score (nSPS) is 11.0. The van der Waals surface area contributed by atoms with E-state index in [1.165, 1.54) is 0 Å². The average molecular weight is 179 g/mol. The quantitative estimate of drug-likeness (QED) is 0.710. The van der Waals surface area contributed by atoms with E-state index in [1.807, 2.05) is 20.8 Å². The lowest BCUT2D eigenvalue weighted by molar-refractivity contribution is -0.123. The van der Waals surface area contributed by atoms with Gasteiger partial charge in [0.25, 0.3) is 0 Å². The number of anilines is 1. The Kier molecular flexibility index (Phi) is 2.60. The van der Waals surface area contributed by atoms with Crippen molar-refractivity contribution in [1.82, 2.24) is 9.97 Å². The fourth-order valence-electron chi connectivity index (χ4n) is 0.653. The molecule has 1 aromatic rings. The molecule has 0 aliphatic rings. The van der Waals surface area contributed by atoms with E-state index in [1.54, 1.807) is 18.5 Å². The number of carbonyl (C=O) groups excluding carboxylic acids is 1. The van der Waals surface area contributed by atoms with Crippen molar-refractivity contribution in [3.05, 3.63) is 18.5 Å². The molecule has 13 heavy (non-hydrogen) atoms. The lowest BCUT2D eigenvalue weighted by Gasteiger charge is -2.16. The summed E-state index contributed by atoms with van der Waals surface area (Å²) in [6.45, 7) is 5.52. The third-order valence-electron chi connectivity index (χ3n) is 1.47. The highest BCUT2D eigenvalue weighted by atomic mass is 16.2. The molecule has 0 radical (unpaired) electrons. The Labute approximate surface area is 77.4 Å². The van der Waals surface area contributed by atoms with Gasteiger partial charge in [0.05, 0.1) is 0 Å². The number of carbonyl (C=O) groups is 1. The number of hydrogen-bond acceptors (Lipinski definition) is 3. The maximum Gasteiger partial charge on any atom is 0.232 e. The van der Waals surface area contributed by atoms with Crippen LogP contribution in [0.4, 0.5) is 5.95 Å². The number of hydrogen-bond donors (Lipinski definition) is 1. The Morgan fingerprint density at radius 2 is 1.85 bits per heavy atom. The van der Waals surface area contributed by atoms with Crippen LogP contribution in [0.25, 0.3) is 0 Å². The zero-order chi connectivity index (χ0) is 9.90. The second kappa shape index (κ2) is 3.51. The largest absolute Gasteiger partial charge is 0.294 e. The third kappa shape index (κ3) is 2.82. The van der Waals surface area contributed by atoms with E-state index in [-0.39, 0.29) is 5.91 Å². The fourth-order valence-corrected chi connectivity index (χ4v) is 0.653. The van der Waals surface area contributed by atoms with Gasteiger partial charge in [0, 0.05) is 17.8 Å². The van der Waals surface area contributed by atoms with Crippen molar-refractivity contribution >= 4 is 11.9 Å². The molecular formula is C9H13N3O. The van der Waals surface area contributed by atoms with Gasteiger partial charge in [-0.1, -0.05) is 20.8 Å². The van der Waals surface area contributed by atoms with E-state index in [9.17, 15) is 4.79 Å². The summed E-state index contributed by atoms with van der Waals surface area (Å²) in [7, 11) is 0. The Morgan fingerprint density at radius 3 is 2.31 bits per heavy atom. The monoisotopic (exact) mass is 179 g/mol. The number of rotatable bonds is 1. The van der Waals surface area contributed by atoms with Crippen LogP contribution in [0.3, 0.4) is 0 Å². The van der Waals surface area contributed by atoms with E-state index in [0.29, 0.717) is 5.95 Å². The molecule has 1 aromatic heterocycles. The summed E-state index contributed by atoms with van der Waals surface area (Å²) in [5.41, 5.74) is -0.417. The fraction of sp³-hybridized carbons (Fsp3) is 0.444. The molecule has 0 atom stereocenters. The predicted molar refractivity (Wildman–Crippen MR) is 50.1 cm³/mol. The molecule has 0 aromatic carbocycles. The summed E-state index contributed by atoms with van der Waals surface area (Å²) in [4.78, 5) is 19.2. The van der Waals surface area contributed by atoms with Crippen LogP contribution in [-0.4, -0.2) is 15.9 Å². The molecule has 4 nitrogen and oxygen atoms in total. The topological polar surface area (TPSA) is 54.9 Å². The van der Waals surface area contributed by atoms with Crippen LogP contribution in [0.2, 0.25) is 0 Å². The van der Waals surface area contributed by atoms with Crippen LogP contribution in [-0.2, 0) is 4.79 Å². The second-order valence-corrected chi connectivity index (χ2v) is 3.78. The Morgan fingerprint density at radius 1 is 1.31 bits per heavy atom. The van der Waals surface area contributed by atoms with E-state index in [0.717, 1.165) is 0 Å². The molecule has 1 rings (SSSR count). The Hall–Kier alpha value is -1.45. The van der Waals surface area contributed by atoms with Crippen LogP contribution < -0.4 is 5.32 Å². The van der Waals surface area contributed by atoms with Crippen molar-refractivity contribution in [2.75, 3.05) is 5.32 Å². The molecule has 4 heteroatoms. The van der Waals surface area contributed by atoms with Gasteiger partial charge in [0.2, 0.25) is 11.9 Å². The van der Waals surface area contributed by atoms with E-state index >= 15 is 0 Å². The van der Waals surface area contributed by atoms with Gasteiger partial charge in [-0.25, -0.2) is 9.97 Å². The summed E-state index contributed by atoms with van der Waals surface area (Å²) in [6, 6.07) is 1.70. The predicted octanol–water partition coefficient (Wildman–Crippen LogP) is 1.46. The van der Waals surface area contributed by atoms with Crippen molar-refractivity contribution in [2.45, 2.75) is 20.8 Å². The van der Waals surface area contributed by atoms with Gasteiger partial charge < -0.3 is 0 Å². The number of amides is 1. The zero-order valence-corrected chi connectivity index (χ0v) is 8.03. The van der Waals surface area contributed by atoms with Gasteiger partial charge in [-0.05, 0) is 6.07 Å². The van der Waals surface area contributed by atoms with E-state index < -0.39 is 5.41 Å². The van der Waals surface area contributed by atoms with Crippen LogP contribution in [0.5, 0.6) is 0 Å². The van der Waals surface area contributed by atoms with Crippen molar-refractivity contribution in [1.29, 1.82) is 0 Å². The van der Waals surface area contributed by atoms with Crippen molar-refractivity contribution < 1.29 is 4.79 Å². The van der Waals surface area contributed by atoms with E-state index in [4.69, 9.17) is 0 Å². The standard InChI is InChI=1S/C9H13N3O/c1-9(2,3)7(13)12-8-10-5-4-6-11-8/h4-6H,1-3H3,(H,10,11,12,13). The molecule has 1 heterocycles. The van der Waals surface area contributed by atoms with Crippen LogP contribution in [0, 0.1) is 5.41 Å². The molecule has 1 amide bonds. The van der Waals surface area contributed by atoms with Crippen molar-refractivity contribution in [3.63, 3.8) is 0 Å². The summed E-state index contributed by atoms with van der Waals surface area (Å²) in [5, 5.41) is 2.62. The highest BCUT2D eigenvalue weighted by molar-refractivity contribution is 5.92. The lowest BCUT2D eigenvalue weighted by atomic mass is 9.96. The second-order valence-electron chi connectivity index (χ2n) is 3.78. The molecule has 0 saturated heterocycles. The molecular weight excluding hydrogens is 166 g/mol. The molecule has 70 valence electrons. The molecule has 0 aliphatic carbocycles. The molecule has 0 saturated carbocycles. The van der Waals surface area contributed by atoms with Crippen LogP contribution in [0.15, 0.2) is 18.5 Å². The Balaban J connectivity index is 2.66. The van der Waals surface area contributed by atoms with Crippen LogP contribution >= 0.6 is 0 Å². The summed E-state index contributed by atoms with van der Waals surface area (Å²) >= 11 is 0. The molecule has 0 spiro atoms. The molecule has 1 N–H and O–H groups in total. The lowest BCUT2D eigenvalue weighted by Crippen LogP contribution is -2.28. The highest BCUT2D eigenvalue weighted by Gasteiger charge is 2.21. The average Bonchev–Trinajstić information content (AvgIpc) is 2.04. The first-order valence-electron chi connectivity index (χ1n) is 4.08. The van der Waals surface area contributed by atoms with E-state index in [2.05, 4.69) is 15.3 Å². The highest BCUT2D eigenvalue weighted by Crippen LogP contribution is 2.14. The maximum absolute atomic E-state index is 11.4. The summed E-state index contributed by atoms with van der Waals surface area (Å²) in [6.07, 6.45) is 3.18. The van der Waals surface area contributed by atoms with Gasteiger partial charge in [-0.2, -0.15) is 0 Å². The first-order valence-corrected chi connectivity index (χ1v) is 4.08. The first kappa shape index (κ1) is 9.64. The third-order valence-corrected chi connectivity index (χ3v) is 1.47. The van der Waals surface area contributed by atoms with Crippen molar-refractivity contribution in [2.24, 2.45) is 5.41 Å². The minimum absolute atomic E-state index is 0.0845. The van der Waals surface area contributed by atoms with Gasteiger partial charge in [0.15, 0.2) is 0 Å². The van der Waals surface area contributed by atoms with Gasteiger partial charge >= 0.3 is 0 Å². The van der Waals surface area contributed by atoms with Gasteiger partial charge in [-0.3, -0.25) is 10.1 Å².